The van der Waals surface area contributed by atoms with Crippen molar-refractivity contribution in [1.82, 2.24) is 4.90 Å². The number of furan rings is 1. The van der Waals surface area contributed by atoms with Gasteiger partial charge >= 0.3 is 0 Å². The summed E-state index contributed by atoms with van der Waals surface area (Å²) >= 11 is 0. The van der Waals surface area contributed by atoms with Crippen molar-refractivity contribution in [2.75, 3.05) is 19.0 Å². The summed E-state index contributed by atoms with van der Waals surface area (Å²) in [5.74, 6) is 2.04. The Bertz CT molecular complexity index is 1670. The molecule has 0 fully saturated rings. The molecule has 38 heavy (non-hydrogen) atoms. The van der Waals surface area contributed by atoms with Crippen molar-refractivity contribution >= 4 is 28.3 Å². The van der Waals surface area contributed by atoms with E-state index in [2.05, 4.69) is 5.32 Å². The first-order chi connectivity index (χ1) is 18.6. The fourth-order valence-corrected chi connectivity index (χ4v) is 4.87. The molecule has 6 nitrogen and oxygen atoms in total. The Hall–Kier alpha value is -4.84. The minimum atomic E-state index is -0.220. The van der Waals surface area contributed by atoms with E-state index in [9.17, 15) is 9.59 Å². The van der Waals surface area contributed by atoms with Gasteiger partial charge in [0, 0.05) is 47.5 Å². The lowest BCUT2D eigenvalue weighted by Gasteiger charge is -2.26. The zero-order valence-electron chi connectivity index (χ0n) is 20.9. The smallest absolute Gasteiger partial charge is 0.255 e. The Labute approximate surface area is 220 Å². The van der Waals surface area contributed by atoms with E-state index in [0.29, 0.717) is 47.8 Å². The summed E-state index contributed by atoms with van der Waals surface area (Å²) in [5.41, 5.74) is 3.73. The number of carbonyl (C=O) groups is 2. The molecule has 4 aromatic carbocycles. The molecule has 188 valence electrons. The lowest BCUT2D eigenvalue weighted by molar-refractivity contribution is 0.0730. The molecule has 5 aromatic rings. The van der Waals surface area contributed by atoms with Gasteiger partial charge in [0.15, 0.2) is 0 Å². The molecule has 0 saturated carbocycles. The molecule has 1 N–H and O–H groups in total. The van der Waals surface area contributed by atoms with Crippen molar-refractivity contribution in [3.63, 3.8) is 0 Å². The van der Waals surface area contributed by atoms with E-state index in [4.69, 9.17) is 9.15 Å². The summed E-state index contributed by atoms with van der Waals surface area (Å²) in [6, 6.07) is 30.5. The molecule has 0 unspecified atom stereocenters. The van der Waals surface area contributed by atoms with Gasteiger partial charge in [0.25, 0.3) is 11.8 Å². The highest BCUT2D eigenvalue weighted by molar-refractivity contribution is 6.04. The molecule has 0 saturated heterocycles. The van der Waals surface area contributed by atoms with Gasteiger partial charge in [-0.2, -0.15) is 0 Å². The topological polar surface area (TPSA) is 71.8 Å². The standard InChI is InChI=1S/C32H26N2O4/c1-37-28-11-5-9-24(18-28)31(35)33-27-10-4-8-23(17-27)30-19-26-20-34(15-14-29(26)38-30)32(36)25-13-12-21-6-2-3-7-22(21)16-25/h2-13,16-19H,14-15,20H2,1H3,(H,33,35). The fraction of sp³-hybridized carbons (Fsp3) is 0.125. The van der Waals surface area contributed by atoms with Crippen molar-refractivity contribution in [3.8, 4) is 17.1 Å². The Morgan fingerprint density at radius 1 is 0.842 bits per heavy atom. The number of fused-ring (bicyclic) bond motifs is 2. The van der Waals surface area contributed by atoms with Crippen LogP contribution in [0.15, 0.2) is 101 Å². The second kappa shape index (κ2) is 9.90. The highest BCUT2D eigenvalue weighted by Crippen LogP contribution is 2.31. The van der Waals surface area contributed by atoms with Gasteiger partial charge in [-0.25, -0.2) is 0 Å². The van der Waals surface area contributed by atoms with E-state index in [1.165, 1.54) is 0 Å². The van der Waals surface area contributed by atoms with Gasteiger partial charge in [-0.05, 0) is 59.3 Å². The average Bonchev–Trinajstić information content (AvgIpc) is 3.40. The van der Waals surface area contributed by atoms with Gasteiger partial charge in [0.1, 0.15) is 17.3 Å². The van der Waals surface area contributed by atoms with Crippen LogP contribution >= 0.6 is 0 Å². The van der Waals surface area contributed by atoms with Gasteiger partial charge in [-0.3, -0.25) is 9.59 Å². The first kappa shape index (κ1) is 23.6. The molecule has 0 atom stereocenters. The van der Waals surface area contributed by atoms with Crippen LogP contribution in [0.25, 0.3) is 22.1 Å². The van der Waals surface area contributed by atoms with Crippen LogP contribution < -0.4 is 10.1 Å². The Morgan fingerprint density at radius 2 is 1.68 bits per heavy atom. The molecule has 1 aliphatic heterocycles. The van der Waals surface area contributed by atoms with Crippen LogP contribution in [0.5, 0.6) is 5.75 Å². The molecule has 0 bridgehead atoms. The maximum atomic E-state index is 13.3. The van der Waals surface area contributed by atoms with Gasteiger partial charge in [-0.15, -0.1) is 0 Å². The number of amides is 2. The van der Waals surface area contributed by atoms with Gasteiger partial charge in [-0.1, -0.05) is 48.5 Å². The minimum Gasteiger partial charge on any atom is -0.497 e. The predicted octanol–water partition coefficient (Wildman–Crippen LogP) is 6.56. The van der Waals surface area contributed by atoms with Gasteiger partial charge in [0.05, 0.1) is 7.11 Å². The maximum absolute atomic E-state index is 13.3. The van der Waals surface area contributed by atoms with Crippen LogP contribution in [0.2, 0.25) is 0 Å². The molecule has 0 aliphatic carbocycles. The molecule has 0 spiro atoms. The first-order valence-electron chi connectivity index (χ1n) is 12.5. The molecular weight excluding hydrogens is 476 g/mol. The zero-order chi connectivity index (χ0) is 26.1. The van der Waals surface area contributed by atoms with Crippen LogP contribution in [-0.2, 0) is 13.0 Å². The molecule has 2 amide bonds. The molecule has 6 heteroatoms. The summed E-state index contributed by atoms with van der Waals surface area (Å²) in [7, 11) is 1.57. The number of anilines is 1. The third-order valence-corrected chi connectivity index (χ3v) is 6.89. The number of hydrogen-bond acceptors (Lipinski definition) is 4. The fourth-order valence-electron chi connectivity index (χ4n) is 4.87. The number of ether oxygens (including phenoxy) is 1. The van der Waals surface area contributed by atoms with Gasteiger partial charge in [0.2, 0.25) is 0 Å². The number of nitrogens with zero attached hydrogens (tertiary/aromatic N) is 1. The highest BCUT2D eigenvalue weighted by atomic mass is 16.5. The van der Waals surface area contributed by atoms with Crippen molar-refractivity contribution in [1.29, 1.82) is 0 Å². The van der Waals surface area contributed by atoms with Crippen LogP contribution in [0.3, 0.4) is 0 Å². The molecule has 1 aliphatic rings. The molecule has 6 rings (SSSR count). The summed E-state index contributed by atoms with van der Waals surface area (Å²) in [6.07, 6.45) is 0.654. The van der Waals surface area contributed by atoms with Crippen LogP contribution in [0, 0.1) is 0 Å². The molecule has 1 aromatic heterocycles. The van der Waals surface area contributed by atoms with Crippen LogP contribution in [-0.4, -0.2) is 30.4 Å². The third kappa shape index (κ3) is 4.64. The Kier molecular flexibility index (Phi) is 6.14. The van der Waals surface area contributed by atoms with E-state index in [-0.39, 0.29) is 11.8 Å². The first-order valence-corrected chi connectivity index (χ1v) is 12.5. The van der Waals surface area contributed by atoms with E-state index >= 15 is 0 Å². The third-order valence-electron chi connectivity index (χ3n) is 6.89. The Morgan fingerprint density at radius 3 is 2.55 bits per heavy atom. The average molecular weight is 503 g/mol. The van der Waals surface area contributed by atoms with E-state index in [1.807, 2.05) is 77.7 Å². The van der Waals surface area contributed by atoms with Crippen molar-refractivity contribution in [2.24, 2.45) is 0 Å². The Balaban J connectivity index is 1.18. The largest absolute Gasteiger partial charge is 0.497 e. The molecule has 2 heterocycles. The van der Waals surface area contributed by atoms with E-state index in [0.717, 1.165) is 27.7 Å². The minimum absolute atomic E-state index is 0.0198. The van der Waals surface area contributed by atoms with E-state index in [1.54, 1.807) is 31.4 Å². The predicted molar refractivity (Wildman–Crippen MR) is 147 cm³/mol. The van der Waals surface area contributed by atoms with Crippen molar-refractivity contribution in [3.05, 3.63) is 120 Å². The van der Waals surface area contributed by atoms with Crippen molar-refractivity contribution in [2.45, 2.75) is 13.0 Å². The summed E-state index contributed by atoms with van der Waals surface area (Å²) in [5, 5.41) is 5.12. The summed E-state index contributed by atoms with van der Waals surface area (Å²) in [4.78, 5) is 27.9. The molecular formula is C32H26N2O4. The second-order valence-corrected chi connectivity index (χ2v) is 9.36. The number of hydrogen-bond donors (Lipinski definition) is 1. The summed E-state index contributed by atoms with van der Waals surface area (Å²) < 4.78 is 11.4. The van der Waals surface area contributed by atoms with E-state index < -0.39 is 0 Å². The molecule has 0 radical (unpaired) electrons. The van der Waals surface area contributed by atoms with Crippen LogP contribution in [0.1, 0.15) is 32.0 Å². The number of nitrogens with one attached hydrogen (secondary N) is 1. The monoisotopic (exact) mass is 502 g/mol. The SMILES string of the molecule is COc1cccc(C(=O)Nc2cccc(-c3cc4c(o3)CCN(C(=O)c3ccc5ccccc5c3)C4)c2)c1. The highest BCUT2D eigenvalue weighted by Gasteiger charge is 2.25. The van der Waals surface area contributed by atoms with Gasteiger partial charge < -0.3 is 19.4 Å². The lowest BCUT2D eigenvalue weighted by atomic mass is 10.0. The normalized spacial score (nSPS) is 12.7. The number of methoxy groups -OCH3 is 1. The maximum Gasteiger partial charge on any atom is 0.255 e. The van der Waals surface area contributed by atoms with Crippen LogP contribution in [0.4, 0.5) is 5.69 Å². The number of rotatable bonds is 5. The number of benzene rings is 4. The second-order valence-electron chi connectivity index (χ2n) is 9.36. The van der Waals surface area contributed by atoms with Crippen molar-refractivity contribution < 1.29 is 18.7 Å². The number of carbonyl (C=O) groups excluding carboxylic acids is 2. The quantitative estimate of drug-likeness (QED) is 0.295. The zero-order valence-corrected chi connectivity index (χ0v) is 20.9. The summed E-state index contributed by atoms with van der Waals surface area (Å²) in [6.45, 7) is 1.10. The lowest BCUT2D eigenvalue weighted by Crippen LogP contribution is -2.35.